The molecule has 0 saturated heterocycles. The topological polar surface area (TPSA) is 37.3 Å². The van der Waals surface area contributed by atoms with Crippen molar-refractivity contribution in [3.8, 4) is 0 Å². The van der Waals surface area contributed by atoms with Crippen molar-refractivity contribution in [1.29, 1.82) is 0 Å². The van der Waals surface area contributed by atoms with Crippen LogP contribution in [-0.2, 0) is 4.79 Å². The molecule has 1 saturated carbocycles. The molecule has 5 heteroatoms. The van der Waals surface area contributed by atoms with Gasteiger partial charge in [0, 0.05) is 11.1 Å². The molecule has 1 aliphatic rings. The number of aliphatic carboxylic acids is 1. The third-order valence-corrected chi connectivity index (χ3v) is 2.54. The van der Waals surface area contributed by atoms with E-state index < -0.39 is 29.2 Å². The van der Waals surface area contributed by atoms with Crippen LogP contribution in [0.1, 0.15) is 26.2 Å². The molecule has 14 heavy (non-hydrogen) atoms. The third kappa shape index (κ3) is 2.08. The zero-order valence-electron chi connectivity index (χ0n) is 7.69. The van der Waals surface area contributed by atoms with Crippen LogP contribution in [0.5, 0.6) is 0 Å². The average molecular weight is 208 g/mol. The van der Waals surface area contributed by atoms with Gasteiger partial charge in [-0.15, -0.1) is 0 Å². The number of alkyl halides is 3. The van der Waals surface area contributed by atoms with Gasteiger partial charge in [-0.1, -0.05) is 6.42 Å². The second-order valence-electron chi connectivity index (χ2n) is 3.47. The highest BCUT2D eigenvalue weighted by Crippen LogP contribution is 2.43. The van der Waals surface area contributed by atoms with Gasteiger partial charge in [-0.25, -0.2) is 4.79 Å². The van der Waals surface area contributed by atoms with E-state index in [0.29, 0.717) is 12.8 Å². The first kappa shape index (κ1) is 11.1. The van der Waals surface area contributed by atoms with Crippen molar-refractivity contribution in [1.82, 2.24) is 0 Å². The van der Waals surface area contributed by atoms with E-state index in [0.717, 1.165) is 13.3 Å². The highest BCUT2D eigenvalue weighted by Gasteiger charge is 2.43. The van der Waals surface area contributed by atoms with Crippen molar-refractivity contribution in [3.63, 3.8) is 0 Å². The van der Waals surface area contributed by atoms with Crippen LogP contribution in [0.15, 0.2) is 11.1 Å². The molecule has 0 radical (unpaired) electrons. The van der Waals surface area contributed by atoms with Gasteiger partial charge in [-0.3, -0.25) is 0 Å². The zero-order valence-corrected chi connectivity index (χ0v) is 7.69. The lowest BCUT2D eigenvalue weighted by atomic mass is 9.77. The van der Waals surface area contributed by atoms with Gasteiger partial charge in [-0.2, -0.15) is 13.2 Å². The standard InChI is InChI=1S/C9H11F3O2/c1-5(8(13)14)7(9(10,11)12)6-3-2-4-6/h6H,2-4H2,1H3,(H,13,14). The van der Waals surface area contributed by atoms with Crippen LogP contribution < -0.4 is 0 Å². The van der Waals surface area contributed by atoms with Crippen molar-refractivity contribution in [2.75, 3.05) is 0 Å². The van der Waals surface area contributed by atoms with Crippen molar-refractivity contribution in [2.45, 2.75) is 32.4 Å². The fraction of sp³-hybridized carbons (Fsp3) is 0.667. The van der Waals surface area contributed by atoms with Crippen LogP contribution in [0.2, 0.25) is 0 Å². The highest BCUT2D eigenvalue weighted by molar-refractivity contribution is 5.87. The summed E-state index contributed by atoms with van der Waals surface area (Å²) in [6.45, 7) is 1.02. The first-order valence-electron chi connectivity index (χ1n) is 4.35. The Hall–Kier alpha value is -1.00. The number of hydrogen-bond acceptors (Lipinski definition) is 1. The SMILES string of the molecule is CC(C(=O)O)=C(C1CCC1)C(F)(F)F. The molecule has 0 amide bonds. The van der Waals surface area contributed by atoms with Crippen LogP contribution in [0.3, 0.4) is 0 Å². The molecule has 0 unspecified atom stereocenters. The van der Waals surface area contributed by atoms with Crippen molar-refractivity contribution in [2.24, 2.45) is 5.92 Å². The van der Waals surface area contributed by atoms with Gasteiger partial charge in [0.1, 0.15) is 0 Å². The first-order chi connectivity index (χ1) is 6.34. The molecule has 0 bridgehead atoms. The lowest BCUT2D eigenvalue weighted by Gasteiger charge is -2.30. The van der Waals surface area contributed by atoms with Crippen molar-refractivity contribution < 1.29 is 23.1 Å². The first-order valence-corrected chi connectivity index (χ1v) is 4.35. The maximum atomic E-state index is 12.5. The van der Waals surface area contributed by atoms with Crippen LogP contribution in [-0.4, -0.2) is 17.3 Å². The lowest BCUT2D eigenvalue weighted by Crippen LogP contribution is -2.27. The summed E-state index contributed by atoms with van der Waals surface area (Å²) in [4.78, 5) is 10.5. The molecule has 0 atom stereocenters. The summed E-state index contributed by atoms with van der Waals surface area (Å²) in [5.41, 5.74) is -1.42. The number of carboxylic acids is 1. The third-order valence-electron chi connectivity index (χ3n) is 2.54. The van der Waals surface area contributed by atoms with E-state index in [2.05, 4.69) is 0 Å². The van der Waals surface area contributed by atoms with Crippen LogP contribution >= 0.6 is 0 Å². The molecule has 0 aromatic heterocycles. The highest BCUT2D eigenvalue weighted by atomic mass is 19.4. The lowest BCUT2D eigenvalue weighted by molar-refractivity contribution is -0.134. The van der Waals surface area contributed by atoms with Crippen molar-refractivity contribution in [3.05, 3.63) is 11.1 Å². The van der Waals surface area contributed by atoms with Gasteiger partial charge in [0.25, 0.3) is 0 Å². The number of hydrogen-bond donors (Lipinski definition) is 1. The molecule has 0 spiro atoms. The number of rotatable bonds is 2. The van der Waals surface area contributed by atoms with Crippen LogP contribution in [0.25, 0.3) is 0 Å². The molecule has 1 aliphatic carbocycles. The Balaban J connectivity index is 3.03. The smallest absolute Gasteiger partial charge is 0.413 e. The predicted molar refractivity (Wildman–Crippen MR) is 43.7 cm³/mol. The Morgan fingerprint density at radius 3 is 2.07 bits per heavy atom. The Morgan fingerprint density at radius 2 is 1.86 bits per heavy atom. The van der Waals surface area contributed by atoms with E-state index in [9.17, 15) is 18.0 Å². The molecule has 1 fully saturated rings. The quantitative estimate of drug-likeness (QED) is 0.708. The van der Waals surface area contributed by atoms with E-state index in [4.69, 9.17) is 5.11 Å². The number of carbonyl (C=O) groups is 1. The maximum absolute atomic E-state index is 12.5. The van der Waals surface area contributed by atoms with Gasteiger partial charge in [0.15, 0.2) is 0 Å². The predicted octanol–water partition coefficient (Wildman–Crippen LogP) is 2.75. The second kappa shape index (κ2) is 3.63. The Kier molecular flexibility index (Phi) is 2.87. The van der Waals surface area contributed by atoms with Gasteiger partial charge in [0.2, 0.25) is 0 Å². The summed E-state index contributed by atoms with van der Waals surface area (Å²) >= 11 is 0. The molecule has 0 heterocycles. The summed E-state index contributed by atoms with van der Waals surface area (Å²) in [5, 5.41) is 8.53. The molecule has 1 N–H and O–H groups in total. The monoisotopic (exact) mass is 208 g/mol. The van der Waals surface area contributed by atoms with Gasteiger partial charge in [-0.05, 0) is 25.7 Å². The summed E-state index contributed by atoms with van der Waals surface area (Å²) < 4.78 is 37.4. The molecule has 80 valence electrons. The minimum Gasteiger partial charge on any atom is -0.478 e. The van der Waals surface area contributed by atoms with Crippen molar-refractivity contribution >= 4 is 5.97 Å². The average Bonchev–Trinajstić information content (AvgIpc) is 1.92. The molecule has 2 nitrogen and oxygen atoms in total. The summed E-state index contributed by atoms with van der Waals surface area (Å²) in [6.07, 6.45) is -2.87. The Bertz CT molecular complexity index is 274. The minimum absolute atomic E-state index is 0.444. The van der Waals surface area contributed by atoms with E-state index in [1.807, 2.05) is 0 Å². The van der Waals surface area contributed by atoms with E-state index in [1.165, 1.54) is 0 Å². The van der Waals surface area contributed by atoms with Gasteiger partial charge < -0.3 is 5.11 Å². The summed E-state index contributed by atoms with van der Waals surface area (Å²) in [5.74, 6) is -2.09. The molecule has 1 rings (SSSR count). The van der Waals surface area contributed by atoms with E-state index in [-0.39, 0.29) is 0 Å². The van der Waals surface area contributed by atoms with Crippen LogP contribution in [0.4, 0.5) is 13.2 Å². The molecule has 0 aromatic carbocycles. The summed E-state index contributed by atoms with van der Waals surface area (Å²) in [6, 6.07) is 0. The molecular weight excluding hydrogens is 197 g/mol. The fourth-order valence-corrected chi connectivity index (χ4v) is 1.56. The van der Waals surface area contributed by atoms with Crippen LogP contribution in [0, 0.1) is 5.92 Å². The summed E-state index contributed by atoms with van der Waals surface area (Å²) in [7, 11) is 0. The number of carboxylic acid groups (broad SMARTS) is 1. The molecule has 0 aromatic rings. The maximum Gasteiger partial charge on any atom is 0.413 e. The second-order valence-corrected chi connectivity index (χ2v) is 3.47. The molecule has 0 aliphatic heterocycles. The fourth-order valence-electron chi connectivity index (χ4n) is 1.56. The van der Waals surface area contributed by atoms with Gasteiger partial charge in [0.05, 0.1) is 0 Å². The van der Waals surface area contributed by atoms with E-state index in [1.54, 1.807) is 0 Å². The minimum atomic E-state index is -4.51. The number of allylic oxidation sites excluding steroid dienone is 1. The normalized spacial score (nSPS) is 20.0. The van der Waals surface area contributed by atoms with Gasteiger partial charge >= 0.3 is 12.1 Å². The Labute approximate surface area is 79.4 Å². The zero-order chi connectivity index (χ0) is 10.9. The van der Waals surface area contributed by atoms with E-state index >= 15 is 0 Å². The molecular formula is C9H11F3O2. The number of halogens is 3. The Morgan fingerprint density at radius 1 is 1.36 bits per heavy atom. The largest absolute Gasteiger partial charge is 0.478 e.